The van der Waals surface area contributed by atoms with Gasteiger partial charge in [0.2, 0.25) is 11.7 Å². The van der Waals surface area contributed by atoms with Crippen LogP contribution >= 0.6 is 15.9 Å². The molecule has 0 aliphatic carbocycles. The van der Waals surface area contributed by atoms with Gasteiger partial charge in [-0.1, -0.05) is 28.0 Å². The largest absolute Gasteiger partial charge is 0.337 e. The fourth-order valence-corrected chi connectivity index (χ4v) is 2.42. The highest BCUT2D eigenvalue weighted by molar-refractivity contribution is 9.10. The van der Waals surface area contributed by atoms with E-state index in [4.69, 9.17) is 4.52 Å². The topological polar surface area (TPSA) is 51.0 Å². The van der Waals surface area contributed by atoms with Crippen LogP contribution in [-0.4, -0.2) is 16.7 Å². The Balaban J connectivity index is 2.39. The third-order valence-electron chi connectivity index (χ3n) is 3.27. The van der Waals surface area contributed by atoms with E-state index in [0.29, 0.717) is 11.7 Å². The number of aryl methyl sites for hydroxylation is 2. The second-order valence-corrected chi connectivity index (χ2v) is 6.30. The molecule has 0 fully saturated rings. The van der Waals surface area contributed by atoms with E-state index in [-0.39, 0.29) is 5.54 Å². The molecular formula is C15H20BrN3O. The van der Waals surface area contributed by atoms with E-state index in [1.165, 1.54) is 0 Å². The molecule has 0 radical (unpaired) electrons. The third-order valence-corrected chi connectivity index (χ3v) is 4.52. The molecule has 108 valence electrons. The molecule has 0 atom stereocenters. The number of nitrogens with one attached hydrogen (secondary N) is 1. The summed E-state index contributed by atoms with van der Waals surface area (Å²) >= 11 is 3.57. The Kier molecular flexibility index (Phi) is 4.30. The Labute approximate surface area is 128 Å². The highest BCUT2D eigenvalue weighted by Crippen LogP contribution is 2.28. The second-order valence-electron chi connectivity index (χ2n) is 5.50. The predicted octanol–water partition coefficient (Wildman–Crippen LogP) is 3.96. The van der Waals surface area contributed by atoms with Crippen LogP contribution in [0.25, 0.3) is 11.4 Å². The maximum absolute atomic E-state index is 5.41. The lowest BCUT2D eigenvalue weighted by atomic mass is 10.1. The van der Waals surface area contributed by atoms with Crippen LogP contribution < -0.4 is 5.32 Å². The molecule has 1 aromatic heterocycles. The smallest absolute Gasteiger partial charge is 0.246 e. The Bertz CT molecular complexity index is 596. The zero-order valence-electron chi connectivity index (χ0n) is 12.5. The minimum atomic E-state index is -0.320. The fourth-order valence-electron chi connectivity index (χ4n) is 2.19. The molecule has 5 heteroatoms. The Morgan fingerprint density at radius 1 is 1.25 bits per heavy atom. The number of benzene rings is 1. The highest BCUT2D eigenvalue weighted by atomic mass is 79.9. The van der Waals surface area contributed by atoms with Crippen LogP contribution in [0.1, 0.15) is 37.8 Å². The quantitative estimate of drug-likeness (QED) is 0.917. The van der Waals surface area contributed by atoms with Crippen LogP contribution in [0.4, 0.5) is 0 Å². The summed E-state index contributed by atoms with van der Waals surface area (Å²) in [6.07, 6.45) is 0. The van der Waals surface area contributed by atoms with Gasteiger partial charge < -0.3 is 9.84 Å². The van der Waals surface area contributed by atoms with E-state index in [9.17, 15) is 0 Å². The van der Waals surface area contributed by atoms with E-state index in [0.717, 1.165) is 27.7 Å². The van der Waals surface area contributed by atoms with Gasteiger partial charge in [0.1, 0.15) is 0 Å². The average molecular weight is 338 g/mol. The van der Waals surface area contributed by atoms with Crippen LogP contribution in [0.15, 0.2) is 21.1 Å². The SMILES string of the molecule is CCNC(C)(C)c1nc(-c2cc(C)c(Br)c(C)c2)no1. The number of hydrogen-bond donors (Lipinski definition) is 1. The van der Waals surface area contributed by atoms with Crippen molar-refractivity contribution in [2.45, 2.75) is 40.2 Å². The standard InChI is InChI=1S/C15H20BrN3O/c1-6-17-15(4,5)14-18-13(19-20-14)11-7-9(2)12(16)10(3)8-11/h7-8,17H,6H2,1-5H3. The molecule has 1 aromatic carbocycles. The van der Waals surface area contributed by atoms with Gasteiger partial charge in [0.25, 0.3) is 0 Å². The van der Waals surface area contributed by atoms with Crippen molar-refractivity contribution in [3.63, 3.8) is 0 Å². The summed E-state index contributed by atoms with van der Waals surface area (Å²) in [7, 11) is 0. The first-order valence-corrected chi connectivity index (χ1v) is 7.50. The molecule has 2 aromatic rings. The zero-order valence-corrected chi connectivity index (χ0v) is 14.1. The van der Waals surface area contributed by atoms with Gasteiger partial charge in [-0.15, -0.1) is 0 Å². The number of hydrogen-bond acceptors (Lipinski definition) is 4. The fraction of sp³-hybridized carbons (Fsp3) is 0.467. The average Bonchev–Trinajstić information content (AvgIpc) is 2.85. The summed E-state index contributed by atoms with van der Waals surface area (Å²) in [4.78, 5) is 4.53. The first-order chi connectivity index (χ1) is 9.35. The van der Waals surface area contributed by atoms with Crippen molar-refractivity contribution in [2.24, 2.45) is 0 Å². The van der Waals surface area contributed by atoms with Crippen LogP contribution in [0.2, 0.25) is 0 Å². The minimum absolute atomic E-state index is 0.320. The van der Waals surface area contributed by atoms with Gasteiger partial charge in [-0.25, -0.2) is 0 Å². The van der Waals surface area contributed by atoms with E-state index in [2.05, 4.69) is 64.3 Å². The number of rotatable bonds is 4. The summed E-state index contributed by atoms with van der Waals surface area (Å²) < 4.78 is 6.53. The zero-order chi connectivity index (χ0) is 14.9. The molecular weight excluding hydrogens is 318 g/mol. The van der Waals surface area contributed by atoms with Crippen LogP contribution in [0, 0.1) is 13.8 Å². The van der Waals surface area contributed by atoms with Crippen molar-refractivity contribution in [1.29, 1.82) is 0 Å². The van der Waals surface area contributed by atoms with E-state index in [1.54, 1.807) is 0 Å². The first kappa shape index (κ1) is 15.2. The predicted molar refractivity (Wildman–Crippen MR) is 83.6 cm³/mol. The molecule has 0 unspecified atom stereocenters. The molecule has 0 aliphatic rings. The summed E-state index contributed by atoms with van der Waals surface area (Å²) in [6.45, 7) is 11.1. The summed E-state index contributed by atoms with van der Waals surface area (Å²) in [6, 6.07) is 4.12. The lowest BCUT2D eigenvalue weighted by Gasteiger charge is -2.20. The lowest BCUT2D eigenvalue weighted by molar-refractivity contribution is 0.272. The molecule has 0 aliphatic heterocycles. The van der Waals surface area contributed by atoms with Crippen molar-refractivity contribution < 1.29 is 4.52 Å². The lowest BCUT2D eigenvalue weighted by Crippen LogP contribution is -2.36. The van der Waals surface area contributed by atoms with Gasteiger partial charge in [-0.05, 0) is 57.5 Å². The number of aromatic nitrogens is 2. The van der Waals surface area contributed by atoms with Crippen molar-refractivity contribution >= 4 is 15.9 Å². The Morgan fingerprint density at radius 3 is 2.40 bits per heavy atom. The van der Waals surface area contributed by atoms with Gasteiger partial charge in [-0.3, -0.25) is 0 Å². The third kappa shape index (κ3) is 2.94. The molecule has 1 N–H and O–H groups in total. The molecule has 0 bridgehead atoms. The molecule has 4 nitrogen and oxygen atoms in total. The molecule has 2 rings (SSSR count). The first-order valence-electron chi connectivity index (χ1n) is 6.71. The molecule has 1 heterocycles. The number of nitrogens with zero attached hydrogens (tertiary/aromatic N) is 2. The maximum Gasteiger partial charge on any atom is 0.246 e. The Hall–Kier alpha value is -1.20. The van der Waals surface area contributed by atoms with Crippen LogP contribution in [-0.2, 0) is 5.54 Å². The summed E-state index contributed by atoms with van der Waals surface area (Å²) in [5.41, 5.74) is 2.99. The summed E-state index contributed by atoms with van der Waals surface area (Å²) in [5.74, 6) is 1.23. The van der Waals surface area contributed by atoms with Gasteiger partial charge in [0.05, 0.1) is 5.54 Å². The normalized spacial score (nSPS) is 11.9. The monoisotopic (exact) mass is 337 g/mol. The maximum atomic E-state index is 5.41. The van der Waals surface area contributed by atoms with Gasteiger partial charge in [0.15, 0.2) is 0 Å². The van der Waals surface area contributed by atoms with Gasteiger partial charge in [0, 0.05) is 10.0 Å². The van der Waals surface area contributed by atoms with E-state index >= 15 is 0 Å². The van der Waals surface area contributed by atoms with Gasteiger partial charge >= 0.3 is 0 Å². The second kappa shape index (κ2) is 5.66. The van der Waals surface area contributed by atoms with Crippen molar-refractivity contribution in [1.82, 2.24) is 15.5 Å². The molecule has 0 saturated heterocycles. The van der Waals surface area contributed by atoms with Crippen molar-refractivity contribution in [3.8, 4) is 11.4 Å². The number of halogens is 1. The summed E-state index contributed by atoms with van der Waals surface area (Å²) in [5, 5.41) is 7.44. The van der Waals surface area contributed by atoms with Crippen LogP contribution in [0.5, 0.6) is 0 Å². The van der Waals surface area contributed by atoms with Crippen molar-refractivity contribution in [2.75, 3.05) is 6.54 Å². The minimum Gasteiger partial charge on any atom is -0.337 e. The molecule has 0 saturated carbocycles. The van der Waals surface area contributed by atoms with Crippen LogP contribution in [0.3, 0.4) is 0 Å². The van der Waals surface area contributed by atoms with E-state index < -0.39 is 0 Å². The Morgan fingerprint density at radius 2 is 1.85 bits per heavy atom. The van der Waals surface area contributed by atoms with E-state index in [1.807, 2.05) is 13.8 Å². The highest BCUT2D eigenvalue weighted by Gasteiger charge is 2.26. The molecule has 20 heavy (non-hydrogen) atoms. The molecule has 0 spiro atoms. The van der Waals surface area contributed by atoms with Gasteiger partial charge in [-0.2, -0.15) is 4.98 Å². The van der Waals surface area contributed by atoms with Crippen molar-refractivity contribution in [3.05, 3.63) is 33.6 Å². The molecule has 0 amide bonds.